The first kappa shape index (κ1) is 35.7. The number of rotatable bonds is 23. The van der Waals surface area contributed by atoms with Gasteiger partial charge in [0.25, 0.3) is 0 Å². The fraction of sp³-hybridized carbons (Fsp3) is 0.759. The maximum atomic E-state index is 14.0. The summed E-state index contributed by atoms with van der Waals surface area (Å²) in [5.41, 5.74) is 7.12. The van der Waals surface area contributed by atoms with Crippen LogP contribution in [0.4, 0.5) is 11.8 Å². The predicted octanol–water partition coefficient (Wildman–Crippen LogP) is 4.35. The van der Waals surface area contributed by atoms with Crippen LogP contribution in [0.5, 0.6) is 0 Å². The Morgan fingerprint density at radius 2 is 1.55 bits per heavy atom. The lowest BCUT2D eigenvalue weighted by Gasteiger charge is -2.26. The van der Waals surface area contributed by atoms with Crippen LogP contribution in [0.15, 0.2) is 6.33 Å². The molecule has 5 N–H and O–H groups in total. The number of nitrogens with two attached hydrogens (primary N) is 1. The lowest BCUT2D eigenvalue weighted by atomic mass is 10.2. The van der Waals surface area contributed by atoms with Gasteiger partial charge in [-0.15, -0.1) is 0 Å². The Balaban J connectivity index is 1.59. The average molecular weight is 639 g/mol. The quantitative estimate of drug-likeness (QED) is 0.0766. The molecule has 2 aromatic rings. The van der Waals surface area contributed by atoms with Crippen molar-refractivity contribution in [3.8, 4) is 0 Å². The summed E-state index contributed by atoms with van der Waals surface area (Å²) in [6.45, 7) is 8.47. The summed E-state index contributed by atoms with van der Waals surface area (Å²) in [5, 5.41) is 9.03. The zero-order valence-corrected chi connectivity index (χ0v) is 27.6. The molecule has 0 radical (unpaired) electrons. The zero-order chi connectivity index (χ0) is 32.0. The van der Waals surface area contributed by atoms with Crippen molar-refractivity contribution in [2.24, 2.45) is 0 Å². The molecule has 2 atom stereocenters. The minimum atomic E-state index is -3.62. The van der Waals surface area contributed by atoms with Gasteiger partial charge < -0.3 is 29.8 Å². The van der Waals surface area contributed by atoms with Crippen LogP contribution in [-0.2, 0) is 34.9 Å². The van der Waals surface area contributed by atoms with E-state index in [4.69, 9.17) is 19.9 Å². The number of hydrogen-bond donors (Lipinski definition) is 4. The minimum Gasteiger partial charge on any atom is -0.465 e. The number of unbranched alkanes of at least 4 members (excludes halogenated alkanes) is 6. The molecule has 44 heavy (non-hydrogen) atoms. The van der Waals surface area contributed by atoms with E-state index >= 15 is 0 Å². The smallest absolute Gasteiger partial charge is 0.323 e. The number of esters is 2. The van der Waals surface area contributed by atoms with Crippen molar-refractivity contribution in [2.45, 2.75) is 117 Å². The molecule has 14 nitrogen and oxygen atoms in total. The third-order valence-electron chi connectivity index (χ3n) is 7.14. The Labute approximate surface area is 260 Å². The number of anilines is 2. The second kappa shape index (κ2) is 18.2. The van der Waals surface area contributed by atoms with Crippen LogP contribution in [0, 0.1) is 0 Å². The molecular weight excluding hydrogens is 587 g/mol. The van der Waals surface area contributed by atoms with E-state index in [1.165, 1.54) is 0 Å². The third kappa shape index (κ3) is 11.9. The monoisotopic (exact) mass is 638 g/mol. The molecule has 1 saturated carbocycles. The largest absolute Gasteiger partial charge is 0.465 e. The van der Waals surface area contributed by atoms with Gasteiger partial charge in [-0.05, 0) is 39.5 Å². The third-order valence-corrected chi connectivity index (χ3v) is 9.30. The second-order valence-corrected chi connectivity index (χ2v) is 13.6. The van der Waals surface area contributed by atoms with Crippen LogP contribution in [0.1, 0.15) is 91.9 Å². The molecule has 0 bridgehead atoms. The SMILES string of the molecule is CCCCCCOC(=O)[C@H](C)NP(=O)(COCCn1cnc2c(NC3CC3)nc(N)nc21)N[C@@H](C)C(=O)OCCCCCC. The van der Waals surface area contributed by atoms with Gasteiger partial charge in [-0.1, -0.05) is 52.4 Å². The summed E-state index contributed by atoms with van der Waals surface area (Å²) < 4.78 is 32.4. The van der Waals surface area contributed by atoms with Crippen LogP contribution in [0.25, 0.3) is 11.2 Å². The molecule has 1 fully saturated rings. The van der Waals surface area contributed by atoms with Crippen molar-refractivity contribution in [3.05, 3.63) is 6.33 Å². The lowest BCUT2D eigenvalue weighted by Crippen LogP contribution is -2.43. The molecule has 0 aliphatic heterocycles. The lowest BCUT2D eigenvalue weighted by molar-refractivity contribution is -0.145. The fourth-order valence-electron chi connectivity index (χ4n) is 4.50. The van der Waals surface area contributed by atoms with Crippen molar-refractivity contribution >= 4 is 42.3 Å². The molecule has 1 aliphatic carbocycles. The first-order valence-corrected chi connectivity index (χ1v) is 17.9. The van der Waals surface area contributed by atoms with Crippen LogP contribution in [0.2, 0.25) is 0 Å². The van der Waals surface area contributed by atoms with Crippen molar-refractivity contribution in [3.63, 3.8) is 0 Å². The van der Waals surface area contributed by atoms with Gasteiger partial charge in [-0.3, -0.25) is 14.2 Å². The summed E-state index contributed by atoms with van der Waals surface area (Å²) in [6, 6.07) is -1.42. The van der Waals surface area contributed by atoms with Crippen LogP contribution in [-0.4, -0.2) is 75.8 Å². The van der Waals surface area contributed by atoms with Gasteiger partial charge >= 0.3 is 11.9 Å². The Hall–Kier alpha value is -2.80. The Bertz CT molecular complexity index is 1200. The van der Waals surface area contributed by atoms with Gasteiger partial charge in [0.15, 0.2) is 17.0 Å². The summed E-state index contributed by atoms with van der Waals surface area (Å²) in [5.74, 6) is -0.302. The minimum absolute atomic E-state index is 0.138. The molecule has 248 valence electrons. The Morgan fingerprint density at radius 3 is 2.09 bits per heavy atom. The average Bonchev–Trinajstić information content (AvgIpc) is 3.71. The number of nitrogens with zero attached hydrogens (tertiary/aromatic N) is 4. The molecule has 3 rings (SSSR count). The highest BCUT2D eigenvalue weighted by Gasteiger charge is 2.32. The molecule has 2 aromatic heterocycles. The number of ether oxygens (including phenoxy) is 3. The van der Waals surface area contributed by atoms with Gasteiger partial charge in [-0.2, -0.15) is 9.97 Å². The van der Waals surface area contributed by atoms with E-state index in [-0.39, 0.29) is 18.9 Å². The number of nitrogens with one attached hydrogen (secondary N) is 3. The molecular formula is C29H51N8O6P. The Morgan fingerprint density at radius 1 is 0.955 bits per heavy atom. The van der Waals surface area contributed by atoms with Crippen molar-refractivity contribution < 1.29 is 28.4 Å². The molecule has 15 heteroatoms. The predicted molar refractivity (Wildman–Crippen MR) is 170 cm³/mol. The van der Waals surface area contributed by atoms with Crippen molar-refractivity contribution in [1.29, 1.82) is 0 Å². The van der Waals surface area contributed by atoms with Crippen molar-refractivity contribution in [2.75, 3.05) is 37.2 Å². The zero-order valence-electron chi connectivity index (χ0n) is 26.7. The Kier molecular flexibility index (Phi) is 14.8. The summed E-state index contributed by atoms with van der Waals surface area (Å²) in [6.07, 6.45) is 11.3. The maximum absolute atomic E-state index is 14.0. The highest BCUT2D eigenvalue weighted by molar-refractivity contribution is 7.59. The van der Waals surface area contributed by atoms with E-state index in [0.717, 1.165) is 64.2 Å². The summed E-state index contributed by atoms with van der Waals surface area (Å²) in [4.78, 5) is 38.3. The second-order valence-electron chi connectivity index (χ2n) is 11.4. The van der Waals surface area contributed by atoms with Gasteiger partial charge in [-0.25, -0.2) is 15.2 Å². The van der Waals surface area contributed by atoms with Crippen LogP contribution >= 0.6 is 7.44 Å². The van der Waals surface area contributed by atoms with Gasteiger partial charge in [0.1, 0.15) is 18.4 Å². The number of aromatic nitrogens is 4. The van der Waals surface area contributed by atoms with E-state index in [1.807, 2.05) is 0 Å². The highest BCUT2D eigenvalue weighted by Crippen LogP contribution is 2.38. The van der Waals surface area contributed by atoms with Gasteiger partial charge in [0, 0.05) is 12.6 Å². The van der Waals surface area contributed by atoms with Crippen molar-refractivity contribution in [1.82, 2.24) is 29.7 Å². The van der Waals surface area contributed by atoms with Gasteiger partial charge in [0.2, 0.25) is 13.4 Å². The van der Waals surface area contributed by atoms with E-state index in [2.05, 4.69) is 44.3 Å². The maximum Gasteiger partial charge on any atom is 0.323 e. The molecule has 0 saturated heterocycles. The molecule has 1 aliphatic rings. The summed E-state index contributed by atoms with van der Waals surface area (Å²) in [7, 11) is -3.62. The van der Waals surface area contributed by atoms with Crippen LogP contribution in [0.3, 0.4) is 0 Å². The topological polar surface area (TPSA) is 185 Å². The number of nitrogen functional groups attached to an aromatic ring is 1. The number of imidazole rings is 1. The molecule has 0 unspecified atom stereocenters. The standard InChI is InChI=1S/C29H51N8O6P/c1-5-7-9-11-16-42-27(38)21(3)35-44(40,36-22(4)28(39)43-17-12-10-8-6-2)20-41-18-15-37-19-31-24-25(32-23-13-14-23)33-29(30)34-26(24)37/h19,21-23H,5-18,20H2,1-4H3,(H2,35,36,40)(H3,30,32,33,34)/t21-,22-/m0/s1. The first-order valence-electron chi connectivity index (χ1n) is 16.0. The first-order chi connectivity index (χ1) is 21.2. The highest BCUT2D eigenvalue weighted by atomic mass is 31.2. The molecule has 0 spiro atoms. The molecule has 0 amide bonds. The number of hydrogen-bond acceptors (Lipinski definition) is 11. The molecule has 2 heterocycles. The normalized spacial score (nSPS) is 14.8. The van der Waals surface area contributed by atoms with Crippen LogP contribution < -0.4 is 21.2 Å². The van der Waals surface area contributed by atoms with Gasteiger partial charge in [0.05, 0.1) is 26.1 Å². The van der Waals surface area contributed by atoms with E-state index in [0.29, 0.717) is 42.8 Å². The van der Waals surface area contributed by atoms with E-state index in [1.54, 1.807) is 24.7 Å². The van der Waals surface area contributed by atoms with E-state index < -0.39 is 31.5 Å². The van der Waals surface area contributed by atoms with E-state index in [9.17, 15) is 14.2 Å². The number of fused-ring (bicyclic) bond motifs is 1. The molecule has 0 aromatic carbocycles. The summed E-state index contributed by atoms with van der Waals surface area (Å²) >= 11 is 0. The number of carbonyl (C=O) groups excluding carboxylic acids is 2. The number of carbonyl (C=O) groups is 2. The fourth-order valence-corrected chi connectivity index (χ4v) is 6.57.